The number of benzene rings is 1. The van der Waals surface area contributed by atoms with Gasteiger partial charge < -0.3 is 69.5 Å². The molecule has 1 aromatic carbocycles. The van der Waals surface area contributed by atoms with Gasteiger partial charge >= 0.3 is 23.9 Å². The van der Waals surface area contributed by atoms with Gasteiger partial charge in [-0.05, 0) is 49.8 Å². The molecule has 2 aromatic heterocycles. The molecule has 5 atom stereocenters. The minimum absolute atomic E-state index is 0.0128. The number of carboxylic acids is 4. The molecule has 0 spiro atoms. The highest BCUT2D eigenvalue weighted by Crippen LogP contribution is 2.13. The van der Waals surface area contributed by atoms with E-state index in [0.717, 1.165) is 11.8 Å². The maximum Gasteiger partial charge on any atom is 0.327 e. The molecule has 5 amide bonds. The molecule has 0 bridgehead atoms. The molecule has 0 aliphatic rings. The molecule has 0 aliphatic carbocycles. The predicted octanol–water partition coefficient (Wildman–Crippen LogP) is -3.74. The Balaban J connectivity index is 1.66. The first kappa shape index (κ1) is 52.2. The smallest absolute Gasteiger partial charge is 0.327 e. The number of hydrogen-bond acceptors (Lipinski definition) is 17. The number of rotatable bonds is 27. The Bertz CT molecular complexity index is 2380. The second kappa shape index (κ2) is 25.3. The summed E-state index contributed by atoms with van der Waals surface area (Å²) in [4.78, 5) is 143. The number of nitrogens with one attached hydrogen (secondary N) is 7. The summed E-state index contributed by atoms with van der Waals surface area (Å²) in [6.45, 7) is 0.0247. The number of nitrogen functional groups attached to an aromatic ring is 1. The van der Waals surface area contributed by atoms with Gasteiger partial charge in [0.2, 0.25) is 29.6 Å². The molecule has 356 valence electrons. The van der Waals surface area contributed by atoms with Crippen LogP contribution in [0, 0.1) is 0 Å². The maximum absolute atomic E-state index is 13.5. The van der Waals surface area contributed by atoms with E-state index in [2.05, 4.69) is 56.8 Å². The Hall–Kier alpha value is -8.11. The topological polar surface area (TPSA) is 469 Å². The third-order valence-electron chi connectivity index (χ3n) is 8.94. The Morgan fingerprint density at radius 2 is 1.33 bits per heavy atom. The van der Waals surface area contributed by atoms with Crippen LogP contribution in [0.15, 0.2) is 40.2 Å². The van der Waals surface area contributed by atoms with E-state index in [0.29, 0.717) is 11.4 Å². The highest BCUT2D eigenvalue weighted by Gasteiger charge is 2.33. The lowest BCUT2D eigenvalue weighted by molar-refractivity contribution is -0.143. The van der Waals surface area contributed by atoms with Gasteiger partial charge in [0.25, 0.3) is 11.5 Å². The first-order valence-corrected chi connectivity index (χ1v) is 20.9. The van der Waals surface area contributed by atoms with E-state index in [9.17, 15) is 68.4 Å². The molecule has 28 nitrogen and oxygen atoms in total. The lowest BCUT2D eigenvalue weighted by Gasteiger charge is -2.25. The molecular weight excluding hydrogens is 897 g/mol. The van der Waals surface area contributed by atoms with E-state index in [1.165, 1.54) is 30.5 Å². The standard InChI is InChI=1S/C37H48N14O14S/c1-66-15-23(35(64)65)49-32(60)22(12-26(55)56)48-30(58)19(3-2-10-41-36(38)39)46-31(59)21(11-25(53)54)45-24(52)9-8-20(34(62)63)47-29(57)16-4-6-17(7-5-16)42-13-18-14-43-28-27(44-18)33(61)51-37(40)50-28/h4-7,14,19-23,42H,2-3,8-13,15H2,1H3,(H,45,52)(H,46,59)(H,47,57)(H,48,58)(H,49,60)(H,53,54)(H,55,56)(H,62,63)(H,64,65)(H4,38,39,41)(H3,40,43,50,51,61)/t19-,20+,21-,22-,23-/m0/s1. The van der Waals surface area contributed by atoms with Gasteiger partial charge in [0.15, 0.2) is 17.1 Å². The van der Waals surface area contributed by atoms with Crippen molar-refractivity contribution in [2.24, 2.45) is 16.5 Å². The fraction of sp³-hybridized carbons (Fsp3) is 0.405. The van der Waals surface area contributed by atoms with Crippen LogP contribution in [-0.2, 0) is 44.9 Å². The van der Waals surface area contributed by atoms with Gasteiger partial charge in [-0.1, -0.05) is 0 Å². The molecule has 0 fully saturated rings. The van der Waals surface area contributed by atoms with Crippen LogP contribution in [0.2, 0.25) is 0 Å². The zero-order valence-electron chi connectivity index (χ0n) is 34.9. The van der Waals surface area contributed by atoms with E-state index in [1.54, 1.807) is 6.26 Å². The van der Waals surface area contributed by atoms with E-state index < -0.39 is 115 Å². The summed E-state index contributed by atoms with van der Waals surface area (Å²) < 4.78 is 0. The number of H-pyrrole nitrogens is 1. The number of carbonyl (C=O) groups excluding carboxylic acids is 5. The largest absolute Gasteiger partial charge is 0.481 e. The molecule has 29 heteroatoms. The molecule has 0 unspecified atom stereocenters. The van der Waals surface area contributed by atoms with Crippen molar-refractivity contribution in [3.05, 3.63) is 52.1 Å². The van der Waals surface area contributed by atoms with Gasteiger partial charge in [-0.2, -0.15) is 16.7 Å². The number of carbonyl (C=O) groups is 9. The number of anilines is 2. The lowest BCUT2D eigenvalue weighted by Crippen LogP contribution is -2.58. The zero-order chi connectivity index (χ0) is 49.1. The van der Waals surface area contributed by atoms with Crippen LogP contribution in [0.4, 0.5) is 11.6 Å². The maximum atomic E-state index is 13.5. The highest BCUT2D eigenvalue weighted by molar-refractivity contribution is 7.98. The first-order valence-electron chi connectivity index (χ1n) is 19.5. The second-order valence-electron chi connectivity index (χ2n) is 14.1. The number of thioether (sulfide) groups is 1. The van der Waals surface area contributed by atoms with Crippen LogP contribution < -0.4 is 54.7 Å². The fourth-order valence-corrected chi connectivity index (χ4v) is 6.29. The number of fused-ring (bicyclic) bond motifs is 1. The number of amides is 5. The van der Waals surface area contributed by atoms with Crippen LogP contribution in [-0.4, -0.2) is 148 Å². The molecule has 3 rings (SSSR count). The SMILES string of the molecule is CSC[C@H](NC(=O)[C@H](CC(=O)O)NC(=O)[C@H](CCCN=C(N)N)NC(=O)[C@H](CC(=O)O)NC(=O)CC[C@@H](NC(=O)c1ccc(NCc2cnc3nc(N)[nH]c(=O)c3n2)cc1)C(=O)O)C(=O)O. The molecule has 66 heavy (non-hydrogen) atoms. The number of nitrogens with zero attached hydrogens (tertiary/aromatic N) is 4. The monoisotopic (exact) mass is 944 g/mol. The number of aromatic amines is 1. The minimum atomic E-state index is -1.87. The van der Waals surface area contributed by atoms with Crippen LogP contribution in [0.5, 0.6) is 0 Å². The van der Waals surface area contributed by atoms with Gasteiger partial charge in [-0.15, -0.1) is 0 Å². The lowest BCUT2D eigenvalue weighted by atomic mass is 10.1. The molecule has 0 saturated heterocycles. The zero-order valence-corrected chi connectivity index (χ0v) is 35.8. The van der Waals surface area contributed by atoms with Gasteiger partial charge in [0.1, 0.15) is 30.2 Å². The van der Waals surface area contributed by atoms with E-state index in [-0.39, 0.29) is 60.3 Å². The fourth-order valence-electron chi connectivity index (χ4n) is 5.73. The van der Waals surface area contributed by atoms with Crippen LogP contribution in [0.25, 0.3) is 11.2 Å². The Labute approximate surface area is 376 Å². The van der Waals surface area contributed by atoms with Crippen molar-refractivity contribution in [1.29, 1.82) is 0 Å². The minimum Gasteiger partial charge on any atom is -0.481 e. The van der Waals surface area contributed by atoms with Gasteiger partial charge in [-0.25, -0.2) is 19.6 Å². The summed E-state index contributed by atoms with van der Waals surface area (Å²) in [6.07, 6.45) is -0.597. The summed E-state index contributed by atoms with van der Waals surface area (Å²) in [5.74, 6) is -12.1. The van der Waals surface area contributed by atoms with Crippen LogP contribution in [0.1, 0.15) is 54.6 Å². The van der Waals surface area contributed by atoms with E-state index in [4.69, 9.17) is 17.2 Å². The van der Waals surface area contributed by atoms with Crippen molar-refractivity contribution in [3.8, 4) is 0 Å². The third-order valence-corrected chi connectivity index (χ3v) is 9.61. The number of aliphatic carboxylic acids is 4. The average molecular weight is 945 g/mol. The van der Waals surface area contributed by atoms with E-state index >= 15 is 0 Å². The van der Waals surface area contributed by atoms with Crippen molar-refractivity contribution in [1.82, 2.24) is 46.5 Å². The van der Waals surface area contributed by atoms with Gasteiger partial charge in [0, 0.05) is 30.0 Å². The molecular formula is C37H48N14O14S. The van der Waals surface area contributed by atoms with Gasteiger partial charge in [0.05, 0.1) is 31.3 Å². The van der Waals surface area contributed by atoms with Crippen molar-refractivity contribution < 1.29 is 63.6 Å². The molecule has 3 aromatic rings. The second-order valence-corrected chi connectivity index (χ2v) is 15.0. The molecule has 0 radical (unpaired) electrons. The van der Waals surface area contributed by atoms with Crippen molar-refractivity contribution in [2.75, 3.05) is 29.6 Å². The van der Waals surface area contributed by atoms with Crippen molar-refractivity contribution in [3.63, 3.8) is 0 Å². The summed E-state index contributed by atoms with van der Waals surface area (Å²) >= 11 is 1.06. The third kappa shape index (κ3) is 17.2. The Kier molecular flexibility index (Phi) is 20.0. The van der Waals surface area contributed by atoms with Crippen LogP contribution in [0.3, 0.4) is 0 Å². The number of hydrogen-bond donors (Lipinski definition) is 14. The number of aliphatic imine (C=N–C) groups is 1. The summed E-state index contributed by atoms with van der Waals surface area (Å²) in [6, 6.07) is -2.70. The summed E-state index contributed by atoms with van der Waals surface area (Å²) in [5.41, 5.74) is 16.6. The number of guanidine groups is 1. The molecule has 0 aliphatic heterocycles. The molecule has 0 saturated carbocycles. The summed E-state index contributed by atoms with van der Waals surface area (Å²) in [7, 11) is 0. The number of nitrogens with two attached hydrogens (primary N) is 3. The molecule has 17 N–H and O–H groups in total. The van der Waals surface area contributed by atoms with Gasteiger partial charge in [-0.3, -0.25) is 48.3 Å². The summed E-state index contributed by atoms with van der Waals surface area (Å²) in [5, 5.41) is 52.2. The van der Waals surface area contributed by atoms with Crippen molar-refractivity contribution >= 4 is 93.9 Å². The number of carboxylic acid groups (broad SMARTS) is 4. The first-order chi connectivity index (χ1) is 31.2. The normalized spacial score (nSPS) is 13.0. The number of aromatic nitrogens is 4. The van der Waals surface area contributed by atoms with Crippen LogP contribution >= 0.6 is 11.8 Å². The highest BCUT2D eigenvalue weighted by atomic mass is 32.2. The Morgan fingerprint density at radius 3 is 1.91 bits per heavy atom. The predicted molar refractivity (Wildman–Crippen MR) is 232 cm³/mol. The average Bonchev–Trinajstić information content (AvgIpc) is 3.24. The molecule has 2 heterocycles. The Morgan fingerprint density at radius 1 is 0.758 bits per heavy atom. The van der Waals surface area contributed by atoms with E-state index in [1.807, 2.05) is 0 Å². The quantitative estimate of drug-likeness (QED) is 0.0198. The van der Waals surface area contributed by atoms with Crippen molar-refractivity contribution in [2.45, 2.75) is 75.3 Å².